The lowest BCUT2D eigenvalue weighted by atomic mass is 9.96. The Labute approximate surface area is 201 Å². The molecule has 0 saturated carbocycles. The number of aryl methyl sites for hydroxylation is 2. The van der Waals surface area contributed by atoms with E-state index in [0.717, 1.165) is 43.7 Å². The average Bonchev–Trinajstić information content (AvgIpc) is 3.22. The summed E-state index contributed by atoms with van der Waals surface area (Å²) in [5.41, 5.74) is 7.70. The molecule has 0 saturated heterocycles. The number of esters is 3. The van der Waals surface area contributed by atoms with Crippen LogP contribution in [-0.2, 0) is 23.9 Å². The number of ether oxygens (including phenoxy) is 3. The first-order valence-electron chi connectivity index (χ1n) is 11.3. The third-order valence-electron chi connectivity index (χ3n) is 6.08. The minimum atomic E-state index is -2.30. The largest absolute Gasteiger partial charge is 0.464 e. The minimum Gasteiger partial charge on any atom is -0.464 e. The highest BCUT2D eigenvalue weighted by atomic mass is 16.6. The molecule has 35 heavy (non-hydrogen) atoms. The maximum atomic E-state index is 12.7. The SMILES string of the molecule is CCOC(=O)C(N)(CC(=O)Oc1ccc2[nH]c3c(C)c4ccncc4c(C)c3c2c1)C(=O)OCC. The van der Waals surface area contributed by atoms with E-state index in [0.29, 0.717) is 0 Å². The Balaban J connectivity index is 1.70. The molecule has 4 aromatic rings. The van der Waals surface area contributed by atoms with Gasteiger partial charge in [-0.15, -0.1) is 0 Å². The van der Waals surface area contributed by atoms with E-state index < -0.39 is 29.9 Å². The number of nitrogens with one attached hydrogen (secondary N) is 1. The molecule has 0 unspecified atom stereocenters. The summed E-state index contributed by atoms with van der Waals surface area (Å²) in [6, 6.07) is 7.18. The number of aromatic amines is 1. The molecule has 0 bridgehead atoms. The van der Waals surface area contributed by atoms with Crippen molar-refractivity contribution in [3.8, 4) is 5.75 Å². The van der Waals surface area contributed by atoms with E-state index in [2.05, 4.69) is 9.97 Å². The summed E-state index contributed by atoms with van der Waals surface area (Å²) in [7, 11) is 0. The Morgan fingerprint density at radius 2 is 1.66 bits per heavy atom. The fourth-order valence-electron chi connectivity index (χ4n) is 4.34. The molecule has 0 aliphatic carbocycles. The molecule has 0 aliphatic heterocycles. The standard InChI is InChI=1S/C26H27N3O6/c1-5-33-24(31)26(27,25(32)34-6-2)12-21(30)35-16-7-8-20-18(11-16)22-14(3)19-13-28-10-9-17(19)15(4)23(22)29-20/h7-11,13,29H,5-6,12,27H2,1-4H3. The van der Waals surface area contributed by atoms with Gasteiger partial charge in [-0.1, -0.05) is 0 Å². The summed E-state index contributed by atoms with van der Waals surface area (Å²) in [6.45, 7) is 7.20. The van der Waals surface area contributed by atoms with E-state index in [4.69, 9.17) is 19.9 Å². The third kappa shape index (κ3) is 4.19. The molecule has 0 fully saturated rings. The van der Waals surface area contributed by atoms with Crippen LogP contribution in [0.3, 0.4) is 0 Å². The van der Waals surface area contributed by atoms with Gasteiger partial charge in [0.1, 0.15) is 5.75 Å². The van der Waals surface area contributed by atoms with Gasteiger partial charge in [-0.25, -0.2) is 9.59 Å². The van der Waals surface area contributed by atoms with Gasteiger partial charge in [-0.2, -0.15) is 0 Å². The van der Waals surface area contributed by atoms with Crippen LogP contribution in [-0.4, -0.2) is 46.6 Å². The van der Waals surface area contributed by atoms with Crippen LogP contribution in [0.25, 0.3) is 32.6 Å². The summed E-state index contributed by atoms with van der Waals surface area (Å²) in [5.74, 6) is -2.71. The van der Waals surface area contributed by atoms with E-state index in [-0.39, 0.29) is 19.0 Å². The summed E-state index contributed by atoms with van der Waals surface area (Å²) >= 11 is 0. The van der Waals surface area contributed by atoms with Gasteiger partial charge in [-0.05, 0) is 68.5 Å². The van der Waals surface area contributed by atoms with Crippen LogP contribution < -0.4 is 10.5 Å². The van der Waals surface area contributed by atoms with Crippen LogP contribution in [0.15, 0.2) is 36.7 Å². The van der Waals surface area contributed by atoms with Crippen molar-refractivity contribution < 1.29 is 28.6 Å². The summed E-state index contributed by atoms with van der Waals surface area (Å²) in [5, 5.41) is 4.02. The monoisotopic (exact) mass is 477 g/mol. The number of hydrogen-bond acceptors (Lipinski definition) is 8. The zero-order valence-electron chi connectivity index (χ0n) is 20.1. The topological polar surface area (TPSA) is 134 Å². The van der Waals surface area contributed by atoms with E-state index in [1.807, 2.05) is 32.2 Å². The zero-order valence-corrected chi connectivity index (χ0v) is 20.1. The molecule has 2 aromatic heterocycles. The fraction of sp³-hybridized carbons (Fsp3) is 0.308. The smallest absolute Gasteiger partial charge is 0.338 e. The lowest BCUT2D eigenvalue weighted by molar-refractivity contribution is -0.167. The molecule has 0 atom stereocenters. The predicted molar refractivity (Wildman–Crippen MR) is 131 cm³/mol. The highest BCUT2D eigenvalue weighted by Crippen LogP contribution is 2.37. The van der Waals surface area contributed by atoms with E-state index in [1.54, 1.807) is 32.2 Å². The van der Waals surface area contributed by atoms with Crippen molar-refractivity contribution in [1.29, 1.82) is 0 Å². The Morgan fingerprint density at radius 1 is 0.971 bits per heavy atom. The molecule has 0 aliphatic rings. The van der Waals surface area contributed by atoms with Crippen molar-refractivity contribution >= 4 is 50.5 Å². The van der Waals surface area contributed by atoms with Crippen LogP contribution in [0, 0.1) is 13.8 Å². The zero-order chi connectivity index (χ0) is 25.3. The van der Waals surface area contributed by atoms with Crippen LogP contribution in [0.2, 0.25) is 0 Å². The number of nitrogens with two attached hydrogens (primary N) is 1. The normalized spacial score (nSPS) is 11.7. The van der Waals surface area contributed by atoms with Crippen molar-refractivity contribution in [3.05, 3.63) is 47.8 Å². The highest BCUT2D eigenvalue weighted by Gasteiger charge is 2.47. The first-order valence-corrected chi connectivity index (χ1v) is 11.3. The second-order valence-electron chi connectivity index (χ2n) is 8.32. The van der Waals surface area contributed by atoms with Gasteiger partial charge in [0.2, 0.25) is 5.54 Å². The van der Waals surface area contributed by atoms with Gasteiger partial charge in [0.15, 0.2) is 0 Å². The average molecular weight is 478 g/mol. The molecule has 2 aromatic carbocycles. The van der Waals surface area contributed by atoms with E-state index >= 15 is 0 Å². The van der Waals surface area contributed by atoms with Gasteiger partial charge in [0.05, 0.1) is 25.2 Å². The number of nitrogens with zero attached hydrogens (tertiary/aromatic N) is 1. The van der Waals surface area contributed by atoms with E-state index in [1.165, 1.54) is 0 Å². The van der Waals surface area contributed by atoms with Gasteiger partial charge in [0, 0.05) is 34.1 Å². The molecule has 9 nitrogen and oxygen atoms in total. The molecular weight excluding hydrogens is 450 g/mol. The molecule has 4 rings (SSSR count). The maximum Gasteiger partial charge on any atom is 0.338 e. The van der Waals surface area contributed by atoms with Crippen molar-refractivity contribution in [2.24, 2.45) is 5.73 Å². The second kappa shape index (κ2) is 9.34. The van der Waals surface area contributed by atoms with Crippen molar-refractivity contribution in [2.45, 2.75) is 39.7 Å². The number of H-pyrrole nitrogens is 1. The molecule has 0 spiro atoms. The number of carbonyl (C=O) groups excluding carboxylic acids is 3. The quantitative estimate of drug-likeness (QED) is 0.234. The Bertz CT molecular complexity index is 1450. The van der Waals surface area contributed by atoms with Gasteiger partial charge < -0.3 is 24.9 Å². The molecule has 9 heteroatoms. The van der Waals surface area contributed by atoms with Gasteiger partial charge in [0.25, 0.3) is 0 Å². The summed E-state index contributed by atoms with van der Waals surface area (Å²) < 4.78 is 15.3. The molecule has 0 amide bonds. The van der Waals surface area contributed by atoms with Gasteiger partial charge in [-0.3, -0.25) is 9.78 Å². The van der Waals surface area contributed by atoms with Crippen molar-refractivity contribution in [1.82, 2.24) is 9.97 Å². The van der Waals surface area contributed by atoms with Crippen LogP contribution in [0.4, 0.5) is 0 Å². The summed E-state index contributed by atoms with van der Waals surface area (Å²) in [4.78, 5) is 45.2. The van der Waals surface area contributed by atoms with Crippen LogP contribution in [0.5, 0.6) is 5.75 Å². The minimum absolute atomic E-state index is 0.00750. The number of hydrogen-bond donors (Lipinski definition) is 2. The van der Waals surface area contributed by atoms with Crippen LogP contribution in [0.1, 0.15) is 31.4 Å². The van der Waals surface area contributed by atoms with Crippen LogP contribution >= 0.6 is 0 Å². The molecular formula is C26H27N3O6. The number of rotatable bonds is 7. The fourth-order valence-corrected chi connectivity index (χ4v) is 4.34. The maximum absolute atomic E-state index is 12.7. The number of pyridine rings is 1. The third-order valence-corrected chi connectivity index (χ3v) is 6.08. The molecule has 0 radical (unpaired) electrons. The van der Waals surface area contributed by atoms with Crippen molar-refractivity contribution in [3.63, 3.8) is 0 Å². The highest BCUT2D eigenvalue weighted by molar-refractivity contribution is 6.16. The number of aromatic nitrogens is 2. The molecule has 2 heterocycles. The molecule has 182 valence electrons. The second-order valence-corrected chi connectivity index (χ2v) is 8.32. The lowest BCUT2D eigenvalue weighted by Gasteiger charge is -2.23. The molecule has 3 N–H and O–H groups in total. The first kappa shape index (κ1) is 24.2. The lowest BCUT2D eigenvalue weighted by Crippen LogP contribution is -2.58. The van der Waals surface area contributed by atoms with Gasteiger partial charge >= 0.3 is 17.9 Å². The number of fused-ring (bicyclic) bond motifs is 4. The van der Waals surface area contributed by atoms with E-state index in [9.17, 15) is 14.4 Å². The summed E-state index contributed by atoms with van der Waals surface area (Å²) in [6.07, 6.45) is 2.88. The Morgan fingerprint density at radius 3 is 2.31 bits per heavy atom. The Hall–Kier alpha value is -3.98. The van der Waals surface area contributed by atoms with Crippen molar-refractivity contribution in [2.75, 3.05) is 13.2 Å². The number of benzene rings is 2. The predicted octanol–water partition coefficient (Wildman–Crippen LogP) is 3.61. The first-order chi connectivity index (χ1) is 16.7. The Kier molecular flexibility index (Phi) is 6.45. The number of carbonyl (C=O) groups is 3.